The number of aryl methyl sites for hydroxylation is 1. The van der Waals surface area contributed by atoms with Crippen molar-refractivity contribution in [2.24, 2.45) is 0 Å². The number of anilines is 1. The molecule has 0 saturated carbocycles. The highest BCUT2D eigenvalue weighted by molar-refractivity contribution is 7.16. The Hall–Kier alpha value is -1.80. The summed E-state index contributed by atoms with van der Waals surface area (Å²) in [5.74, 6) is -0.332. The molecule has 0 aliphatic rings. The molecule has 23 heavy (non-hydrogen) atoms. The molecular weight excluding hydrogens is 351 g/mol. The van der Waals surface area contributed by atoms with Gasteiger partial charge in [-0.2, -0.15) is 5.26 Å². The molecule has 0 aliphatic carbocycles. The number of benzene rings is 1. The quantitative estimate of drug-likeness (QED) is 0.733. The van der Waals surface area contributed by atoms with Crippen molar-refractivity contribution in [3.8, 4) is 6.07 Å². The van der Waals surface area contributed by atoms with Gasteiger partial charge >= 0.3 is 0 Å². The predicted molar refractivity (Wildman–Crippen MR) is 97.3 cm³/mol. The molecule has 0 spiro atoms. The summed E-state index contributed by atoms with van der Waals surface area (Å²) < 4.78 is 0. The molecule has 0 aliphatic heterocycles. The number of nitrogens with zero attached hydrogens (tertiary/aromatic N) is 1. The number of carbonyl (C=O) groups excluding carboxylic acids is 1. The van der Waals surface area contributed by atoms with Gasteiger partial charge in [-0.3, -0.25) is 4.79 Å². The van der Waals surface area contributed by atoms with Gasteiger partial charge in [0.05, 0.1) is 5.56 Å². The number of hydrogen-bond acceptors (Lipinski definition) is 3. The first kappa shape index (κ1) is 17.6. The van der Waals surface area contributed by atoms with Gasteiger partial charge in [0, 0.05) is 26.6 Å². The number of rotatable bonds is 4. The van der Waals surface area contributed by atoms with E-state index in [0.29, 0.717) is 26.2 Å². The molecule has 0 bridgehead atoms. The fourth-order valence-electron chi connectivity index (χ4n) is 2.19. The molecule has 1 amide bonds. The number of halogens is 2. The lowest BCUT2D eigenvalue weighted by atomic mass is 10.1. The number of hydrogen-bond donors (Lipinski definition) is 1. The average molecular weight is 365 g/mol. The third-order valence-corrected chi connectivity index (χ3v) is 5.03. The Morgan fingerprint density at radius 1 is 1.39 bits per heavy atom. The van der Waals surface area contributed by atoms with E-state index in [2.05, 4.69) is 11.4 Å². The maximum Gasteiger partial charge on any atom is 0.249 e. The maximum atomic E-state index is 12.1. The van der Waals surface area contributed by atoms with Crippen LogP contribution in [0.2, 0.25) is 10.0 Å². The van der Waals surface area contributed by atoms with Crippen LogP contribution in [-0.2, 0) is 11.2 Å². The largest absolute Gasteiger partial charge is 0.313 e. The van der Waals surface area contributed by atoms with Crippen LogP contribution in [0.3, 0.4) is 0 Å². The highest BCUT2D eigenvalue weighted by Gasteiger charge is 2.15. The van der Waals surface area contributed by atoms with Gasteiger partial charge in [-0.15, -0.1) is 11.3 Å². The lowest BCUT2D eigenvalue weighted by Gasteiger charge is -2.02. The van der Waals surface area contributed by atoms with E-state index in [1.165, 1.54) is 17.4 Å². The van der Waals surface area contributed by atoms with Gasteiger partial charge in [0.2, 0.25) is 5.91 Å². The molecule has 0 radical (unpaired) electrons. The minimum Gasteiger partial charge on any atom is -0.313 e. The molecule has 3 nitrogen and oxygen atoms in total. The number of nitriles is 1. The zero-order valence-electron chi connectivity index (χ0n) is 12.6. The second-order valence-electron chi connectivity index (χ2n) is 4.76. The highest BCUT2D eigenvalue weighted by atomic mass is 35.5. The number of nitrogens with one attached hydrogen (secondary N) is 1. The monoisotopic (exact) mass is 364 g/mol. The second-order valence-corrected chi connectivity index (χ2v) is 6.80. The summed E-state index contributed by atoms with van der Waals surface area (Å²) in [5.41, 5.74) is 2.10. The smallest absolute Gasteiger partial charge is 0.249 e. The van der Waals surface area contributed by atoms with E-state index in [4.69, 9.17) is 23.2 Å². The van der Waals surface area contributed by atoms with Crippen molar-refractivity contribution in [2.75, 3.05) is 5.32 Å². The summed E-state index contributed by atoms with van der Waals surface area (Å²) in [4.78, 5) is 13.1. The Bertz CT molecular complexity index is 798. The van der Waals surface area contributed by atoms with Crippen molar-refractivity contribution in [3.63, 3.8) is 0 Å². The molecule has 2 rings (SSSR count). The average Bonchev–Trinajstić information content (AvgIpc) is 2.81. The molecule has 1 N–H and O–H groups in total. The van der Waals surface area contributed by atoms with Crippen molar-refractivity contribution < 1.29 is 4.79 Å². The van der Waals surface area contributed by atoms with Crippen LogP contribution in [0.5, 0.6) is 0 Å². The second kappa shape index (κ2) is 7.65. The zero-order chi connectivity index (χ0) is 17.0. The van der Waals surface area contributed by atoms with Gasteiger partial charge in [-0.25, -0.2) is 0 Å². The fraction of sp³-hybridized carbons (Fsp3) is 0.176. The highest BCUT2D eigenvalue weighted by Crippen LogP contribution is 2.33. The van der Waals surface area contributed by atoms with E-state index in [1.54, 1.807) is 24.3 Å². The van der Waals surface area contributed by atoms with E-state index in [9.17, 15) is 10.1 Å². The maximum absolute atomic E-state index is 12.1. The summed E-state index contributed by atoms with van der Waals surface area (Å²) in [7, 11) is 0. The van der Waals surface area contributed by atoms with Crippen molar-refractivity contribution in [2.45, 2.75) is 20.3 Å². The lowest BCUT2D eigenvalue weighted by Crippen LogP contribution is -2.07. The first-order chi connectivity index (χ1) is 11.0. The summed E-state index contributed by atoms with van der Waals surface area (Å²) in [6.07, 6.45) is 3.67. The first-order valence-corrected chi connectivity index (χ1v) is 8.50. The zero-order valence-corrected chi connectivity index (χ0v) is 14.9. The van der Waals surface area contributed by atoms with E-state index < -0.39 is 0 Å². The van der Waals surface area contributed by atoms with Crippen LogP contribution in [0.25, 0.3) is 6.08 Å². The molecule has 0 saturated heterocycles. The van der Waals surface area contributed by atoms with E-state index in [1.807, 2.05) is 13.8 Å². The predicted octanol–water partition coefficient (Wildman–Crippen LogP) is 5.45. The molecule has 1 heterocycles. The summed E-state index contributed by atoms with van der Waals surface area (Å²) >= 11 is 13.5. The Labute approximate surface area is 149 Å². The van der Waals surface area contributed by atoms with E-state index in [-0.39, 0.29) is 5.91 Å². The standard InChI is InChI=1S/C17H14Cl2N2OS/c1-3-11-10(2)23-17(13(11)9-20)21-16(22)8-7-12-14(18)5-4-6-15(12)19/h4-8H,3H2,1-2H3,(H,21,22)/b8-7+. The molecule has 0 unspecified atom stereocenters. The SMILES string of the molecule is CCc1c(C)sc(NC(=O)/C=C/c2c(Cl)cccc2Cl)c1C#N. The number of carbonyl (C=O) groups is 1. The van der Waals surface area contributed by atoms with Crippen LogP contribution >= 0.6 is 34.5 Å². The number of thiophene rings is 1. The molecule has 6 heteroatoms. The summed E-state index contributed by atoms with van der Waals surface area (Å²) in [5, 5.41) is 13.6. The molecule has 1 aromatic carbocycles. The normalized spacial score (nSPS) is 10.7. The fourth-order valence-corrected chi connectivity index (χ4v) is 3.82. The van der Waals surface area contributed by atoms with Crippen molar-refractivity contribution in [1.82, 2.24) is 0 Å². The Morgan fingerprint density at radius 3 is 2.61 bits per heavy atom. The molecule has 118 valence electrons. The van der Waals surface area contributed by atoms with Gasteiger partial charge in [0.25, 0.3) is 0 Å². The van der Waals surface area contributed by atoms with Crippen LogP contribution in [0.1, 0.15) is 28.5 Å². The topological polar surface area (TPSA) is 52.9 Å². The van der Waals surface area contributed by atoms with Crippen LogP contribution in [0.15, 0.2) is 24.3 Å². The molecule has 1 aromatic heterocycles. The molecule has 0 fully saturated rings. The van der Waals surface area contributed by atoms with Gasteiger partial charge in [-0.05, 0) is 37.1 Å². The van der Waals surface area contributed by atoms with Crippen molar-refractivity contribution >= 4 is 51.5 Å². The first-order valence-electron chi connectivity index (χ1n) is 6.93. The van der Waals surface area contributed by atoms with Crippen molar-refractivity contribution in [3.05, 3.63) is 55.9 Å². The summed E-state index contributed by atoms with van der Waals surface area (Å²) in [6, 6.07) is 7.31. The van der Waals surface area contributed by atoms with Crippen LogP contribution in [0.4, 0.5) is 5.00 Å². The van der Waals surface area contributed by atoms with E-state index >= 15 is 0 Å². The van der Waals surface area contributed by atoms with Crippen molar-refractivity contribution in [1.29, 1.82) is 5.26 Å². The van der Waals surface area contributed by atoms with Crippen LogP contribution < -0.4 is 5.32 Å². The van der Waals surface area contributed by atoms with Crippen LogP contribution in [-0.4, -0.2) is 5.91 Å². The lowest BCUT2D eigenvalue weighted by molar-refractivity contribution is -0.111. The van der Waals surface area contributed by atoms with E-state index in [0.717, 1.165) is 16.9 Å². The van der Waals surface area contributed by atoms with Gasteiger partial charge in [0.15, 0.2) is 0 Å². The Morgan fingerprint density at radius 2 is 2.04 bits per heavy atom. The van der Waals surface area contributed by atoms with Gasteiger partial charge in [-0.1, -0.05) is 36.2 Å². The van der Waals surface area contributed by atoms with Crippen LogP contribution in [0, 0.1) is 18.3 Å². The summed E-state index contributed by atoms with van der Waals surface area (Å²) in [6.45, 7) is 3.93. The molecular formula is C17H14Cl2N2OS. The third-order valence-electron chi connectivity index (χ3n) is 3.31. The van der Waals surface area contributed by atoms with Gasteiger partial charge < -0.3 is 5.32 Å². The molecule has 0 atom stereocenters. The minimum atomic E-state index is -0.332. The number of amides is 1. The Balaban J connectivity index is 2.21. The Kier molecular flexibility index (Phi) is 5.84. The van der Waals surface area contributed by atoms with Gasteiger partial charge in [0.1, 0.15) is 11.1 Å². The minimum absolute atomic E-state index is 0.332. The molecule has 2 aromatic rings. The third kappa shape index (κ3) is 3.94.